The topological polar surface area (TPSA) is 32.3 Å². The van der Waals surface area contributed by atoms with Crippen molar-refractivity contribution in [1.82, 2.24) is 10.2 Å². The molecule has 2 heterocycles. The minimum atomic E-state index is -4.15. The van der Waals surface area contributed by atoms with E-state index in [1.807, 2.05) is 19.1 Å². The summed E-state index contributed by atoms with van der Waals surface area (Å²) in [5, 5.41) is 3.33. The first-order valence-corrected chi connectivity index (χ1v) is 9.03. The van der Waals surface area contributed by atoms with Gasteiger partial charge in [-0.1, -0.05) is 12.1 Å². The van der Waals surface area contributed by atoms with Gasteiger partial charge < -0.3 is 10.2 Å². The molecule has 2 aliphatic heterocycles. The lowest BCUT2D eigenvalue weighted by Gasteiger charge is -2.33. The zero-order chi connectivity index (χ0) is 18.0. The Hall–Kier alpha value is -1.27. The number of aryl methyl sites for hydroxylation is 1. The van der Waals surface area contributed by atoms with Gasteiger partial charge in [-0.05, 0) is 68.8 Å². The van der Waals surface area contributed by atoms with Crippen LogP contribution in [0.5, 0.6) is 0 Å². The van der Waals surface area contributed by atoms with E-state index in [4.69, 9.17) is 0 Å². The Morgan fingerprint density at radius 3 is 2.31 bits per heavy atom. The van der Waals surface area contributed by atoms with Crippen molar-refractivity contribution >= 4 is 18.3 Å². The number of nitrogens with zero attached hydrogens (tertiary/aromatic N) is 1. The molecular formula is C19H26ClF3N2O. The predicted octanol–water partition coefficient (Wildman–Crippen LogP) is 4.30. The van der Waals surface area contributed by atoms with Gasteiger partial charge in [0.2, 0.25) is 0 Å². The van der Waals surface area contributed by atoms with Crippen LogP contribution in [0.3, 0.4) is 0 Å². The Bertz CT molecular complexity index is 622. The fourth-order valence-electron chi connectivity index (χ4n) is 3.86. The maximum absolute atomic E-state index is 12.8. The van der Waals surface area contributed by atoms with Gasteiger partial charge >= 0.3 is 6.18 Å². The van der Waals surface area contributed by atoms with Crippen LogP contribution in [0.1, 0.15) is 53.1 Å². The van der Waals surface area contributed by atoms with E-state index in [9.17, 15) is 18.0 Å². The van der Waals surface area contributed by atoms with Crippen molar-refractivity contribution in [2.24, 2.45) is 5.92 Å². The van der Waals surface area contributed by atoms with Gasteiger partial charge in [0.25, 0.3) is 5.91 Å². The second-order valence-corrected chi connectivity index (χ2v) is 7.21. The monoisotopic (exact) mass is 390 g/mol. The molecule has 1 aromatic rings. The average molecular weight is 391 g/mol. The zero-order valence-electron chi connectivity index (χ0n) is 14.9. The molecular weight excluding hydrogens is 365 g/mol. The summed E-state index contributed by atoms with van der Waals surface area (Å²) in [6.07, 6.45) is -2.05. The normalized spacial score (nSPS) is 19.9. The Labute approximate surface area is 158 Å². The van der Waals surface area contributed by atoms with Crippen molar-refractivity contribution in [2.75, 3.05) is 26.2 Å². The van der Waals surface area contributed by atoms with Gasteiger partial charge in [-0.15, -0.1) is 12.4 Å². The van der Waals surface area contributed by atoms with Gasteiger partial charge in [-0.2, -0.15) is 13.2 Å². The Kier molecular flexibility index (Phi) is 6.97. The van der Waals surface area contributed by atoms with Gasteiger partial charge in [0.05, 0.1) is 5.92 Å². The summed E-state index contributed by atoms with van der Waals surface area (Å²) in [5.41, 5.74) is 2.70. The largest absolute Gasteiger partial charge is 0.391 e. The number of carbonyl (C=O) groups is 1. The molecule has 1 N–H and O–H groups in total. The molecule has 2 saturated heterocycles. The zero-order valence-corrected chi connectivity index (χ0v) is 15.8. The van der Waals surface area contributed by atoms with E-state index >= 15 is 0 Å². The molecule has 0 aliphatic carbocycles. The highest BCUT2D eigenvalue weighted by molar-refractivity contribution is 5.96. The Morgan fingerprint density at radius 2 is 1.73 bits per heavy atom. The number of halogens is 4. The van der Waals surface area contributed by atoms with Crippen LogP contribution in [0.15, 0.2) is 18.2 Å². The summed E-state index contributed by atoms with van der Waals surface area (Å²) in [6.45, 7) is 4.21. The van der Waals surface area contributed by atoms with E-state index in [2.05, 4.69) is 11.4 Å². The smallest absolute Gasteiger partial charge is 0.339 e. The number of amides is 1. The highest BCUT2D eigenvalue weighted by Gasteiger charge is 2.41. The minimum absolute atomic E-state index is 0. The SMILES string of the molecule is Cc1ccc(C2CCNCC2)cc1C(=O)N1CCC(C(F)(F)F)CC1.Cl. The number of piperidine rings is 2. The van der Waals surface area contributed by atoms with Crippen LogP contribution in [0.4, 0.5) is 13.2 Å². The number of benzene rings is 1. The molecule has 3 rings (SSSR count). The third-order valence-electron chi connectivity index (χ3n) is 5.55. The fourth-order valence-corrected chi connectivity index (χ4v) is 3.86. The maximum Gasteiger partial charge on any atom is 0.391 e. The van der Waals surface area contributed by atoms with E-state index in [-0.39, 0.29) is 44.2 Å². The summed E-state index contributed by atoms with van der Waals surface area (Å²) in [7, 11) is 0. The molecule has 0 aromatic heterocycles. The van der Waals surface area contributed by atoms with Crippen LogP contribution in [0, 0.1) is 12.8 Å². The lowest BCUT2D eigenvalue weighted by atomic mass is 9.88. The van der Waals surface area contributed by atoms with Gasteiger partial charge in [-0.25, -0.2) is 0 Å². The number of hydrogen-bond acceptors (Lipinski definition) is 2. The molecule has 1 aromatic carbocycles. The van der Waals surface area contributed by atoms with Crippen molar-refractivity contribution < 1.29 is 18.0 Å². The van der Waals surface area contributed by atoms with E-state index < -0.39 is 12.1 Å². The molecule has 7 heteroatoms. The molecule has 0 bridgehead atoms. The summed E-state index contributed by atoms with van der Waals surface area (Å²) in [4.78, 5) is 14.4. The molecule has 0 spiro atoms. The lowest BCUT2D eigenvalue weighted by molar-refractivity contribution is -0.183. The third kappa shape index (κ3) is 4.71. The van der Waals surface area contributed by atoms with Crippen LogP contribution >= 0.6 is 12.4 Å². The molecule has 0 atom stereocenters. The number of alkyl halides is 3. The van der Waals surface area contributed by atoms with Gasteiger partial charge in [0.15, 0.2) is 0 Å². The second-order valence-electron chi connectivity index (χ2n) is 7.21. The summed E-state index contributed by atoms with van der Waals surface area (Å²) in [5.74, 6) is -0.961. The maximum atomic E-state index is 12.8. The number of rotatable bonds is 2. The number of likely N-dealkylation sites (tertiary alicyclic amines) is 1. The lowest BCUT2D eigenvalue weighted by Crippen LogP contribution is -2.42. The van der Waals surface area contributed by atoms with Gasteiger partial charge in [0.1, 0.15) is 0 Å². The summed E-state index contributed by atoms with van der Waals surface area (Å²) in [6, 6.07) is 6.01. The van der Waals surface area contributed by atoms with Crippen LogP contribution in [0.2, 0.25) is 0 Å². The van der Waals surface area contributed by atoms with Crippen LogP contribution in [-0.2, 0) is 0 Å². The molecule has 26 heavy (non-hydrogen) atoms. The fraction of sp³-hybridized carbons (Fsp3) is 0.632. The first kappa shape index (κ1) is 21.0. The molecule has 3 nitrogen and oxygen atoms in total. The van der Waals surface area contributed by atoms with Crippen molar-refractivity contribution in [3.8, 4) is 0 Å². The molecule has 0 unspecified atom stereocenters. The first-order chi connectivity index (χ1) is 11.9. The van der Waals surface area contributed by atoms with E-state index in [0.717, 1.165) is 31.5 Å². The molecule has 0 radical (unpaired) electrons. The summed E-state index contributed by atoms with van der Waals surface area (Å²) >= 11 is 0. The predicted molar refractivity (Wildman–Crippen MR) is 98.0 cm³/mol. The van der Waals surface area contributed by atoms with Crippen LogP contribution < -0.4 is 5.32 Å². The minimum Gasteiger partial charge on any atom is -0.339 e. The molecule has 0 saturated carbocycles. The van der Waals surface area contributed by atoms with Crippen LogP contribution in [-0.4, -0.2) is 43.2 Å². The Balaban J connectivity index is 0.00000243. The number of hydrogen-bond donors (Lipinski definition) is 1. The van der Waals surface area contributed by atoms with Crippen molar-refractivity contribution in [2.45, 2.75) is 44.7 Å². The number of nitrogens with one attached hydrogen (secondary N) is 1. The van der Waals surface area contributed by atoms with E-state index in [1.165, 1.54) is 5.56 Å². The standard InChI is InChI=1S/C19H25F3N2O.ClH/c1-13-2-3-15(14-4-8-23-9-5-14)12-17(13)18(25)24-10-6-16(7-11-24)19(20,21)22;/h2-3,12,14,16,23H,4-11H2,1H3;1H. The van der Waals surface area contributed by atoms with Crippen LogP contribution in [0.25, 0.3) is 0 Å². The number of carbonyl (C=O) groups excluding carboxylic acids is 1. The molecule has 2 aliphatic rings. The van der Waals surface area contributed by atoms with Crippen molar-refractivity contribution in [1.29, 1.82) is 0 Å². The molecule has 1 amide bonds. The first-order valence-electron chi connectivity index (χ1n) is 9.03. The summed E-state index contributed by atoms with van der Waals surface area (Å²) < 4.78 is 38.4. The van der Waals surface area contributed by atoms with Gasteiger partial charge in [-0.3, -0.25) is 4.79 Å². The molecule has 146 valence electrons. The second kappa shape index (κ2) is 8.61. The third-order valence-corrected chi connectivity index (χ3v) is 5.55. The van der Waals surface area contributed by atoms with Crippen molar-refractivity contribution in [3.05, 3.63) is 34.9 Å². The quantitative estimate of drug-likeness (QED) is 0.816. The Morgan fingerprint density at radius 1 is 1.12 bits per heavy atom. The van der Waals surface area contributed by atoms with E-state index in [1.54, 1.807) is 4.90 Å². The molecule has 2 fully saturated rings. The average Bonchev–Trinajstić information content (AvgIpc) is 2.62. The highest BCUT2D eigenvalue weighted by Crippen LogP contribution is 2.35. The van der Waals surface area contributed by atoms with Gasteiger partial charge in [0, 0.05) is 18.7 Å². The highest BCUT2D eigenvalue weighted by atomic mass is 35.5. The van der Waals surface area contributed by atoms with E-state index in [0.29, 0.717) is 11.5 Å². The van der Waals surface area contributed by atoms with Crippen molar-refractivity contribution in [3.63, 3.8) is 0 Å².